The number of nitrogens with one attached hydrogen (secondary N) is 1. The summed E-state index contributed by atoms with van der Waals surface area (Å²) in [6, 6.07) is 2.78. The van der Waals surface area contributed by atoms with E-state index in [-0.39, 0.29) is 17.2 Å². The molecule has 2 rings (SSSR count). The standard InChI is InChI=1S/C15H21N5O2S/c1-4-9-20-12(21)8-7-11(19-20)13(22)16-15-18-17-14(23-15)10(5-2)6-3/h7-8,10H,4-6,9H2,1-3H3,(H,16,18,22). The third-order valence-electron chi connectivity index (χ3n) is 3.53. The Balaban J connectivity index is 2.13. The molecule has 1 amide bonds. The minimum absolute atomic E-state index is 0.192. The van der Waals surface area contributed by atoms with Gasteiger partial charge in [0.2, 0.25) is 5.13 Å². The van der Waals surface area contributed by atoms with Crippen molar-refractivity contribution >= 4 is 22.4 Å². The van der Waals surface area contributed by atoms with Crippen molar-refractivity contribution in [2.45, 2.75) is 52.5 Å². The van der Waals surface area contributed by atoms with Crippen molar-refractivity contribution in [1.82, 2.24) is 20.0 Å². The van der Waals surface area contributed by atoms with E-state index < -0.39 is 0 Å². The Morgan fingerprint density at radius 3 is 2.65 bits per heavy atom. The average molecular weight is 335 g/mol. The summed E-state index contributed by atoms with van der Waals surface area (Å²) in [5.41, 5.74) is -0.0207. The van der Waals surface area contributed by atoms with E-state index in [2.05, 4.69) is 34.5 Å². The van der Waals surface area contributed by atoms with Gasteiger partial charge in [-0.25, -0.2) is 4.68 Å². The molecular formula is C15H21N5O2S. The number of amides is 1. The van der Waals surface area contributed by atoms with Crippen LogP contribution in [0, 0.1) is 0 Å². The van der Waals surface area contributed by atoms with Crippen LogP contribution in [0.15, 0.2) is 16.9 Å². The van der Waals surface area contributed by atoms with Crippen molar-refractivity contribution in [2.75, 3.05) is 5.32 Å². The Bertz CT molecular complexity index is 721. The van der Waals surface area contributed by atoms with Crippen LogP contribution in [0.5, 0.6) is 0 Å². The van der Waals surface area contributed by atoms with Gasteiger partial charge in [0.25, 0.3) is 11.5 Å². The first-order valence-electron chi connectivity index (χ1n) is 7.81. The molecule has 0 aliphatic rings. The summed E-state index contributed by atoms with van der Waals surface area (Å²) in [5.74, 6) is -0.0233. The number of carbonyl (C=O) groups excluding carboxylic acids is 1. The highest BCUT2D eigenvalue weighted by Crippen LogP contribution is 2.28. The zero-order valence-corrected chi connectivity index (χ0v) is 14.4. The topological polar surface area (TPSA) is 89.8 Å². The molecule has 124 valence electrons. The summed E-state index contributed by atoms with van der Waals surface area (Å²) in [6.45, 7) is 6.64. The van der Waals surface area contributed by atoms with Crippen LogP contribution in [0.1, 0.15) is 61.4 Å². The van der Waals surface area contributed by atoms with Gasteiger partial charge in [0.05, 0.1) is 0 Å². The maximum absolute atomic E-state index is 12.2. The van der Waals surface area contributed by atoms with Crippen molar-refractivity contribution < 1.29 is 4.79 Å². The largest absolute Gasteiger partial charge is 0.295 e. The summed E-state index contributed by atoms with van der Waals surface area (Å²) >= 11 is 1.38. The van der Waals surface area contributed by atoms with Crippen molar-refractivity contribution in [3.63, 3.8) is 0 Å². The molecule has 0 fully saturated rings. The van der Waals surface area contributed by atoms with Gasteiger partial charge in [-0.2, -0.15) is 5.10 Å². The van der Waals surface area contributed by atoms with E-state index in [1.54, 1.807) is 0 Å². The Morgan fingerprint density at radius 1 is 1.26 bits per heavy atom. The monoisotopic (exact) mass is 335 g/mol. The van der Waals surface area contributed by atoms with Crippen molar-refractivity contribution in [2.24, 2.45) is 0 Å². The smallest absolute Gasteiger partial charge is 0.277 e. The molecule has 7 nitrogen and oxygen atoms in total. The van der Waals surface area contributed by atoms with Crippen LogP contribution < -0.4 is 10.9 Å². The quantitative estimate of drug-likeness (QED) is 0.840. The van der Waals surface area contributed by atoms with E-state index in [1.807, 2.05) is 6.92 Å². The van der Waals surface area contributed by atoms with Gasteiger partial charge in [0, 0.05) is 18.5 Å². The molecule has 0 aliphatic carbocycles. The molecule has 2 heterocycles. The Morgan fingerprint density at radius 2 is 2.00 bits per heavy atom. The fraction of sp³-hybridized carbons (Fsp3) is 0.533. The lowest BCUT2D eigenvalue weighted by atomic mass is 10.1. The summed E-state index contributed by atoms with van der Waals surface area (Å²) in [7, 11) is 0. The van der Waals surface area contributed by atoms with E-state index in [0.717, 1.165) is 24.3 Å². The van der Waals surface area contributed by atoms with Gasteiger partial charge in [0.1, 0.15) is 10.7 Å². The minimum atomic E-state index is -0.387. The van der Waals surface area contributed by atoms with Crippen LogP contribution >= 0.6 is 11.3 Å². The predicted octanol–water partition coefficient (Wildman–Crippen LogP) is 2.66. The summed E-state index contributed by atoms with van der Waals surface area (Å²) in [6.07, 6.45) is 2.75. The molecule has 0 atom stereocenters. The molecule has 0 saturated heterocycles. The van der Waals surface area contributed by atoms with E-state index >= 15 is 0 Å². The van der Waals surface area contributed by atoms with E-state index in [1.165, 1.54) is 28.2 Å². The van der Waals surface area contributed by atoms with Crippen LogP contribution in [-0.2, 0) is 6.54 Å². The summed E-state index contributed by atoms with van der Waals surface area (Å²) < 4.78 is 1.30. The molecule has 0 spiro atoms. The number of hydrogen-bond acceptors (Lipinski definition) is 6. The van der Waals surface area contributed by atoms with Gasteiger partial charge in [-0.1, -0.05) is 32.1 Å². The van der Waals surface area contributed by atoms with Crippen LogP contribution in [0.4, 0.5) is 5.13 Å². The molecule has 2 aromatic rings. The average Bonchev–Trinajstić information content (AvgIpc) is 2.99. The number of hydrogen-bond donors (Lipinski definition) is 1. The van der Waals surface area contributed by atoms with Gasteiger partial charge in [-0.05, 0) is 25.3 Å². The zero-order valence-electron chi connectivity index (χ0n) is 13.6. The Hall–Kier alpha value is -2.09. The molecule has 1 N–H and O–H groups in total. The predicted molar refractivity (Wildman–Crippen MR) is 90.0 cm³/mol. The highest BCUT2D eigenvalue weighted by Gasteiger charge is 2.16. The van der Waals surface area contributed by atoms with Gasteiger partial charge < -0.3 is 0 Å². The molecule has 0 saturated carbocycles. The van der Waals surface area contributed by atoms with Gasteiger partial charge in [0.15, 0.2) is 0 Å². The van der Waals surface area contributed by atoms with Gasteiger partial charge in [-0.15, -0.1) is 10.2 Å². The van der Waals surface area contributed by atoms with E-state index in [9.17, 15) is 9.59 Å². The molecule has 0 unspecified atom stereocenters. The van der Waals surface area contributed by atoms with Gasteiger partial charge >= 0.3 is 0 Å². The molecule has 0 radical (unpaired) electrons. The molecule has 23 heavy (non-hydrogen) atoms. The number of nitrogens with zero attached hydrogens (tertiary/aromatic N) is 4. The number of aromatic nitrogens is 4. The van der Waals surface area contributed by atoms with Crippen molar-refractivity contribution in [1.29, 1.82) is 0 Å². The lowest BCUT2D eigenvalue weighted by Crippen LogP contribution is -2.26. The maximum atomic E-state index is 12.2. The molecule has 2 aromatic heterocycles. The van der Waals surface area contributed by atoms with Gasteiger partial charge in [-0.3, -0.25) is 14.9 Å². The molecule has 8 heteroatoms. The molecular weight excluding hydrogens is 314 g/mol. The normalized spacial score (nSPS) is 11.0. The fourth-order valence-corrected chi connectivity index (χ4v) is 3.20. The van der Waals surface area contributed by atoms with E-state index in [0.29, 0.717) is 17.6 Å². The number of rotatable bonds is 7. The highest BCUT2D eigenvalue weighted by atomic mass is 32.1. The first-order valence-corrected chi connectivity index (χ1v) is 8.63. The molecule has 0 aromatic carbocycles. The molecule has 0 bridgehead atoms. The second-order valence-corrected chi connectivity index (χ2v) is 6.20. The highest BCUT2D eigenvalue weighted by molar-refractivity contribution is 7.15. The number of aryl methyl sites for hydroxylation is 1. The summed E-state index contributed by atoms with van der Waals surface area (Å²) in [5, 5.41) is 16.3. The maximum Gasteiger partial charge on any atom is 0.277 e. The van der Waals surface area contributed by atoms with Crippen molar-refractivity contribution in [3.05, 3.63) is 33.2 Å². The lowest BCUT2D eigenvalue weighted by molar-refractivity contribution is 0.101. The Kier molecular flexibility index (Phi) is 5.97. The first-order chi connectivity index (χ1) is 11.1. The van der Waals surface area contributed by atoms with Crippen LogP contribution in [0.3, 0.4) is 0 Å². The first kappa shape index (κ1) is 17.3. The Labute approximate surface area is 138 Å². The molecule has 0 aliphatic heterocycles. The fourth-order valence-electron chi connectivity index (χ4n) is 2.19. The zero-order chi connectivity index (χ0) is 16.8. The van der Waals surface area contributed by atoms with Crippen LogP contribution in [0.25, 0.3) is 0 Å². The minimum Gasteiger partial charge on any atom is -0.295 e. The second-order valence-electron chi connectivity index (χ2n) is 5.19. The van der Waals surface area contributed by atoms with Crippen LogP contribution in [0.2, 0.25) is 0 Å². The van der Waals surface area contributed by atoms with Crippen LogP contribution in [-0.4, -0.2) is 25.9 Å². The van der Waals surface area contributed by atoms with Crippen molar-refractivity contribution in [3.8, 4) is 0 Å². The number of anilines is 1. The summed E-state index contributed by atoms with van der Waals surface area (Å²) in [4.78, 5) is 23.9. The third kappa shape index (κ3) is 4.22. The second kappa shape index (κ2) is 7.96. The van der Waals surface area contributed by atoms with E-state index in [4.69, 9.17) is 0 Å². The SMILES string of the molecule is CCCn1nc(C(=O)Nc2nnc(C(CC)CC)s2)ccc1=O. The lowest BCUT2D eigenvalue weighted by Gasteiger charge is -2.06. The third-order valence-corrected chi connectivity index (χ3v) is 4.53. The number of carbonyl (C=O) groups is 1.